The van der Waals surface area contributed by atoms with Gasteiger partial charge in [-0.15, -0.1) is 0 Å². The third kappa shape index (κ3) is 2.90. The molecule has 0 fully saturated rings. The number of allylic oxidation sites excluding steroid dienone is 1. The lowest BCUT2D eigenvalue weighted by Gasteiger charge is -2.34. The summed E-state index contributed by atoms with van der Waals surface area (Å²) in [6.07, 6.45) is 1.50. The summed E-state index contributed by atoms with van der Waals surface area (Å²) in [4.78, 5) is 26.4. The van der Waals surface area contributed by atoms with E-state index in [-0.39, 0.29) is 6.03 Å². The zero-order valence-electron chi connectivity index (χ0n) is 13.5. The van der Waals surface area contributed by atoms with Crippen molar-refractivity contribution >= 4 is 12.0 Å². The van der Waals surface area contributed by atoms with Crippen LogP contribution in [0.5, 0.6) is 0 Å². The first-order chi connectivity index (χ1) is 11.6. The van der Waals surface area contributed by atoms with Crippen molar-refractivity contribution in [3.05, 3.63) is 71.3 Å². The number of benzene rings is 1. The topological polar surface area (TPSA) is 71.8 Å². The average molecular weight is 326 g/mol. The number of methoxy groups -OCH3 is 1. The molecule has 6 heteroatoms. The van der Waals surface area contributed by atoms with Gasteiger partial charge in [-0.2, -0.15) is 0 Å². The Balaban J connectivity index is 2.00. The molecule has 24 heavy (non-hydrogen) atoms. The monoisotopic (exact) mass is 326 g/mol. The highest BCUT2D eigenvalue weighted by atomic mass is 16.5. The van der Waals surface area contributed by atoms with Gasteiger partial charge in [-0.25, -0.2) is 9.59 Å². The van der Waals surface area contributed by atoms with Crippen molar-refractivity contribution in [2.24, 2.45) is 0 Å². The number of hydrogen-bond acceptors (Lipinski definition) is 4. The highest BCUT2D eigenvalue weighted by molar-refractivity contribution is 5.94. The van der Waals surface area contributed by atoms with Crippen LogP contribution in [0.15, 0.2) is 64.4 Å². The number of ether oxygens (including phenoxy) is 1. The summed E-state index contributed by atoms with van der Waals surface area (Å²) in [6, 6.07) is 12.1. The van der Waals surface area contributed by atoms with Crippen LogP contribution >= 0.6 is 0 Å². The predicted octanol–water partition coefficient (Wildman–Crippen LogP) is 2.99. The van der Waals surface area contributed by atoms with Crippen LogP contribution in [0.2, 0.25) is 0 Å². The number of rotatable bonds is 4. The van der Waals surface area contributed by atoms with Gasteiger partial charge in [0.2, 0.25) is 0 Å². The Morgan fingerprint density at radius 3 is 2.62 bits per heavy atom. The lowest BCUT2D eigenvalue weighted by Crippen LogP contribution is -2.47. The van der Waals surface area contributed by atoms with Gasteiger partial charge in [-0.3, -0.25) is 4.90 Å². The van der Waals surface area contributed by atoms with E-state index in [2.05, 4.69) is 5.32 Å². The van der Waals surface area contributed by atoms with E-state index >= 15 is 0 Å². The molecule has 2 amide bonds. The van der Waals surface area contributed by atoms with Gasteiger partial charge < -0.3 is 14.5 Å². The number of carbonyl (C=O) groups excluding carboxylic acids is 2. The lowest BCUT2D eigenvalue weighted by molar-refractivity contribution is -0.136. The van der Waals surface area contributed by atoms with Crippen molar-refractivity contribution in [1.82, 2.24) is 10.2 Å². The van der Waals surface area contributed by atoms with Crippen LogP contribution in [0.1, 0.15) is 24.3 Å². The number of urea groups is 1. The second kappa shape index (κ2) is 6.62. The number of nitrogens with zero attached hydrogens (tertiary/aromatic N) is 1. The Hall–Kier alpha value is -3.02. The maximum atomic E-state index is 12.6. The molecule has 2 heterocycles. The first-order valence-electron chi connectivity index (χ1n) is 7.56. The first kappa shape index (κ1) is 15.9. The van der Waals surface area contributed by atoms with Gasteiger partial charge in [0.25, 0.3) is 0 Å². The highest BCUT2D eigenvalue weighted by Crippen LogP contribution is 2.32. The molecule has 1 aliphatic rings. The predicted molar refractivity (Wildman–Crippen MR) is 86.7 cm³/mol. The summed E-state index contributed by atoms with van der Waals surface area (Å²) in [5.74, 6) is -0.00516. The van der Waals surface area contributed by atoms with Crippen LogP contribution < -0.4 is 5.32 Å². The van der Waals surface area contributed by atoms with Crippen LogP contribution in [0.25, 0.3) is 0 Å². The summed E-state index contributed by atoms with van der Waals surface area (Å²) >= 11 is 0. The fourth-order valence-electron chi connectivity index (χ4n) is 2.78. The van der Waals surface area contributed by atoms with E-state index in [0.717, 1.165) is 5.56 Å². The molecule has 1 aliphatic heterocycles. The maximum absolute atomic E-state index is 12.6. The number of esters is 1. The van der Waals surface area contributed by atoms with Gasteiger partial charge in [0, 0.05) is 5.70 Å². The molecule has 0 radical (unpaired) electrons. The Morgan fingerprint density at radius 2 is 2.00 bits per heavy atom. The van der Waals surface area contributed by atoms with Crippen molar-refractivity contribution in [2.45, 2.75) is 19.5 Å². The normalized spacial score (nSPS) is 17.7. The summed E-state index contributed by atoms with van der Waals surface area (Å²) in [6.45, 7) is 2.10. The van der Waals surface area contributed by atoms with Crippen molar-refractivity contribution in [2.75, 3.05) is 7.11 Å². The lowest BCUT2D eigenvalue weighted by atomic mass is 9.99. The number of nitrogens with one attached hydrogen (secondary N) is 1. The Morgan fingerprint density at radius 1 is 1.25 bits per heavy atom. The van der Waals surface area contributed by atoms with Gasteiger partial charge in [-0.05, 0) is 24.6 Å². The minimum absolute atomic E-state index is 0.287. The van der Waals surface area contributed by atoms with E-state index in [4.69, 9.17) is 9.15 Å². The molecule has 0 aliphatic carbocycles. The van der Waals surface area contributed by atoms with Gasteiger partial charge >= 0.3 is 12.0 Å². The van der Waals surface area contributed by atoms with E-state index in [1.54, 1.807) is 19.1 Å². The largest absolute Gasteiger partial charge is 0.467 e. The molecule has 0 bridgehead atoms. The molecule has 0 saturated carbocycles. The van der Waals surface area contributed by atoms with E-state index in [1.807, 2.05) is 30.3 Å². The third-order valence-corrected chi connectivity index (χ3v) is 4.01. The minimum atomic E-state index is -0.660. The Bertz CT molecular complexity index is 766. The molecule has 1 aromatic heterocycles. The van der Waals surface area contributed by atoms with E-state index in [1.165, 1.54) is 18.3 Å². The van der Waals surface area contributed by atoms with Gasteiger partial charge in [0.15, 0.2) is 0 Å². The molecule has 0 spiro atoms. The third-order valence-electron chi connectivity index (χ3n) is 4.01. The fraction of sp³-hybridized carbons (Fsp3) is 0.222. The molecule has 0 saturated heterocycles. The van der Waals surface area contributed by atoms with E-state index in [9.17, 15) is 9.59 Å². The van der Waals surface area contributed by atoms with Gasteiger partial charge in [-0.1, -0.05) is 30.3 Å². The van der Waals surface area contributed by atoms with Crippen LogP contribution in [0.3, 0.4) is 0 Å². The fourth-order valence-corrected chi connectivity index (χ4v) is 2.78. The van der Waals surface area contributed by atoms with Crippen LogP contribution in [0, 0.1) is 0 Å². The molecule has 0 unspecified atom stereocenters. The van der Waals surface area contributed by atoms with Crippen molar-refractivity contribution < 1.29 is 18.7 Å². The second-order valence-electron chi connectivity index (χ2n) is 5.46. The molecule has 1 atom stereocenters. The van der Waals surface area contributed by atoms with Gasteiger partial charge in [0.05, 0.1) is 25.5 Å². The number of hydrogen-bond donors (Lipinski definition) is 1. The van der Waals surface area contributed by atoms with Gasteiger partial charge in [0.1, 0.15) is 11.8 Å². The van der Waals surface area contributed by atoms with E-state index in [0.29, 0.717) is 23.6 Å². The average Bonchev–Trinajstić information content (AvgIpc) is 3.13. The summed E-state index contributed by atoms with van der Waals surface area (Å²) in [7, 11) is 1.32. The first-order valence-corrected chi connectivity index (χ1v) is 7.56. The highest BCUT2D eigenvalue weighted by Gasteiger charge is 2.37. The standard InChI is InChI=1S/C18H18N2O4/c1-12-15(17(21)23-2)16(14-9-6-10-24-14)19-18(22)20(12)11-13-7-4-3-5-8-13/h3-10,16H,11H2,1-2H3,(H,19,22)/t16-/m0/s1. The van der Waals surface area contributed by atoms with E-state index < -0.39 is 12.0 Å². The summed E-state index contributed by atoms with van der Waals surface area (Å²) < 4.78 is 10.3. The molecule has 2 aromatic rings. The smallest absolute Gasteiger partial charge is 0.338 e. The van der Waals surface area contributed by atoms with Crippen molar-refractivity contribution in [3.63, 3.8) is 0 Å². The molecule has 124 valence electrons. The number of amides is 2. The molecule has 1 aromatic carbocycles. The number of carbonyl (C=O) groups is 2. The second-order valence-corrected chi connectivity index (χ2v) is 5.46. The molecular weight excluding hydrogens is 308 g/mol. The summed E-state index contributed by atoms with van der Waals surface area (Å²) in [5.41, 5.74) is 1.88. The molecule has 6 nitrogen and oxygen atoms in total. The zero-order chi connectivity index (χ0) is 17.1. The minimum Gasteiger partial charge on any atom is -0.467 e. The quantitative estimate of drug-likeness (QED) is 0.877. The Labute approximate surface area is 139 Å². The Kier molecular flexibility index (Phi) is 4.37. The van der Waals surface area contributed by atoms with Crippen LogP contribution in [0.4, 0.5) is 4.79 Å². The summed E-state index contributed by atoms with van der Waals surface area (Å²) in [5, 5.41) is 2.82. The molecule has 1 N–H and O–H groups in total. The van der Waals surface area contributed by atoms with Crippen molar-refractivity contribution in [3.8, 4) is 0 Å². The molecular formula is C18H18N2O4. The molecule has 3 rings (SSSR count). The van der Waals surface area contributed by atoms with Crippen LogP contribution in [-0.4, -0.2) is 24.0 Å². The zero-order valence-corrected chi connectivity index (χ0v) is 13.5. The maximum Gasteiger partial charge on any atom is 0.338 e. The number of furan rings is 1. The SMILES string of the molecule is COC(=O)C1=C(C)N(Cc2ccccc2)C(=O)N[C@H]1c1ccco1. The van der Waals surface area contributed by atoms with Crippen LogP contribution in [-0.2, 0) is 16.1 Å². The van der Waals surface area contributed by atoms with Crippen molar-refractivity contribution in [1.29, 1.82) is 0 Å².